The van der Waals surface area contributed by atoms with Crippen molar-refractivity contribution in [3.8, 4) is 0 Å². The molecule has 2 aliphatic rings. The molecule has 214 valence electrons. The number of halogens is 2. The summed E-state index contributed by atoms with van der Waals surface area (Å²) in [5.41, 5.74) is 9.66. The van der Waals surface area contributed by atoms with Gasteiger partial charge >= 0.3 is 0 Å². The maximum absolute atomic E-state index is 13.6. The molecule has 0 aliphatic heterocycles. The van der Waals surface area contributed by atoms with Crippen LogP contribution in [0.4, 0.5) is 8.78 Å². The summed E-state index contributed by atoms with van der Waals surface area (Å²) >= 11 is 0. The zero-order valence-electron chi connectivity index (χ0n) is 24.4. The van der Waals surface area contributed by atoms with E-state index in [0.29, 0.717) is 23.7 Å². The number of aryl methyl sites for hydroxylation is 1. The molecule has 0 bridgehead atoms. The largest absolute Gasteiger partial charge is 0.369 e. The molecule has 4 atom stereocenters. The van der Waals surface area contributed by atoms with Gasteiger partial charge in [0.2, 0.25) is 5.91 Å². The van der Waals surface area contributed by atoms with E-state index in [1.165, 1.54) is 48.8 Å². The molecule has 0 spiro atoms. The number of primary amides is 1. The van der Waals surface area contributed by atoms with Gasteiger partial charge in [0.25, 0.3) is 5.92 Å². The fourth-order valence-electron chi connectivity index (χ4n) is 7.23. The Morgan fingerprint density at radius 3 is 2.23 bits per heavy atom. The molecule has 2 saturated carbocycles. The average Bonchev–Trinajstić information content (AvgIpc) is 3.74. The Hall–Kier alpha value is -2.23. The number of nitrogens with two attached hydrogens (primary N) is 1. The van der Waals surface area contributed by atoms with Crippen molar-refractivity contribution < 1.29 is 13.6 Å². The third-order valence-electron chi connectivity index (χ3n) is 10.0. The number of benzene rings is 2. The fourth-order valence-corrected chi connectivity index (χ4v) is 7.23. The van der Waals surface area contributed by atoms with E-state index >= 15 is 0 Å². The molecule has 0 heterocycles. The van der Waals surface area contributed by atoms with E-state index in [1.807, 2.05) is 12.1 Å². The lowest BCUT2D eigenvalue weighted by Gasteiger charge is -2.24. The SMILES string of the molecule is CCCC(CCCc1ccc(CC2CCCC(C(C)c3ccc(C(C)(F)F)cc3)CC2)cc1)C1(C(N)=O)CC1. The molecule has 1 amide bonds. The summed E-state index contributed by atoms with van der Waals surface area (Å²) < 4.78 is 27.2. The van der Waals surface area contributed by atoms with Gasteiger partial charge in [0.05, 0.1) is 5.41 Å². The Morgan fingerprint density at radius 2 is 1.64 bits per heavy atom. The van der Waals surface area contributed by atoms with Crippen molar-refractivity contribution in [3.05, 3.63) is 70.8 Å². The fraction of sp³-hybridized carbons (Fsp3) is 0.629. The maximum atomic E-state index is 13.6. The molecule has 2 fully saturated rings. The Kier molecular flexibility index (Phi) is 9.88. The van der Waals surface area contributed by atoms with Gasteiger partial charge in [0.15, 0.2) is 0 Å². The monoisotopic (exact) mass is 537 g/mol. The zero-order valence-corrected chi connectivity index (χ0v) is 24.4. The number of carbonyl (C=O) groups excluding carboxylic acids is 1. The average molecular weight is 538 g/mol. The molecule has 2 nitrogen and oxygen atoms in total. The minimum Gasteiger partial charge on any atom is -0.369 e. The van der Waals surface area contributed by atoms with Crippen LogP contribution in [0, 0.1) is 23.2 Å². The first-order valence-electron chi connectivity index (χ1n) is 15.5. The summed E-state index contributed by atoms with van der Waals surface area (Å²) in [5.74, 6) is -0.682. The molecule has 2 N–H and O–H groups in total. The van der Waals surface area contributed by atoms with Gasteiger partial charge in [0, 0.05) is 12.5 Å². The van der Waals surface area contributed by atoms with Crippen LogP contribution in [0.2, 0.25) is 0 Å². The molecule has 0 saturated heterocycles. The quantitative estimate of drug-likeness (QED) is 0.254. The van der Waals surface area contributed by atoms with Crippen molar-refractivity contribution in [2.45, 2.75) is 116 Å². The normalized spacial score (nSPS) is 22.6. The molecular weight excluding hydrogens is 488 g/mol. The second-order valence-corrected chi connectivity index (χ2v) is 12.9. The van der Waals surface area contributed by atoms with E-state index in [9.17, 15) is 13.6 Å². The third kappa shape index (κ3) is 7.70. The van der Waals surface area contributed by atoms with E-state index in [4.69, 9.17) is 5.73 Å². The van der Waals surface area contributed by atoms with Crippen molar-refractivity contribution >= 4 is 5.91 Å². The molecule has 4 unspecified atom stereocenters. The highest BCUT2D eigenvalue weighted by Crippen LogP contribution is 2.55. The predicted octanol–water partition coefficient (Wildman–Crippen LogP) is 9.35. The van der Waals surface area contributed by atoms with Crippen LogP contribution >= 0.6 is 0 Å². The molecule has 0 aromatic heterocycles. The number of hydrogen-bond acceptors (Lipinski definition) is 1. The first-order chi connectivity index (χ1) is 18.6. The van der Waals surface area contributed by atoms with Gasteiger partial charge in [-0.1, -0.05) is 81.6 Å². The predicted molar refractivity (Wildman–Crippen MR) is 157 cm³/mol. The standard InChI is InChI=1S/C35H49F2NO/c1-4-7-32(35(22-23-35)33(38)39)11-6-8-26-12-14-28(15-13-26)24-27-9-5-10-29(17-16-27)25(2)30-18-20-31(21-19-30)34(3,36)37/h12-15,18-21,25,27,29,32H,4-11,16-17,22-24H2,1-3H3,(H2,38,39). The van der Waals surface area contributed by atoms with Crippen LogP contribution in [-0.4, -0.2) is 5.91 Å². The smallest absolute Gasteiger partial charge is 0.270 e. The lowest BCUT2D eigenvalue weighted by atomic mass is 9.81. The lowest BCUT2D eigenvalue weighted by Crippen LogP contribution is -2.32. The Morgan fingerprint density at radius 1 is 0.974 bits per heavy atom. The van der Waals surface area contributed by atoms with Crippen LogP contribution in [0.3, 0.4) is 0 Å². The van der Waals surface area contributed by atoms with Gasteiger partial charge in [-0.2, -0.15) is 0 Å². The topological polar surface area (TPSA) is 43.1 Å². The van der Waals surface area contributed by atoms with Gasteiger partial charge in [-0.25, -0.2) is 8.78 Å². The van der Waals surface area contributed by atoms with Crippen LogP contribution in [0.25, 0.3) is 0 Å². The molecular formula is C35H49F2NO. The number of rotatable bonds is 13. The van der Waals surface area contributed by atoms with Gasteiger partial charge in [-0.3, -0.25) is 4.79 Å². The Bertz CT molecular complexity index is 1050. The van der Waals surface area contributed by atoms with E-state index in [1.54, 1.807) is 12.1 Å². The zero-order chi connectivity index (χ0) is 28.0. The van der Waals surface area contributed by atoms with Crippen molar-refractivity contribution in [1.82, 2.24) is 0 Å². The van der Waals surface area contributed by atoms with Crippen LogP contribution in [0.1, 0.15) is 120 Å². The lowest BCUT2D eigenvalue weighted by molar-refractivity contribution is -0.125. The number of hydrogen-bond donors (Lipinski definition) is 1. The van der Waals surface area contributed by atoms with E-state index in [-0.39, 0.29) is 16.9 Å². The Labute approximate surface area is 235 Å². The minimum absolute atomic E-state index is 0.0810. The molecule has 4 heteroatoms. The molecule has 4 rings (SSSR count). The van der Waals surface area contributed by atoms with Crippen molar-refractivity contribution in [2.24, 2.45) is 28.9 Å². The number of amides is 1. The van der Waals surface area contributed by atoms with Crippen LogP contribution in [0.5, 0.6) is 0 Å². The first kappa shape index (κ1) is 29.7. The summed E-state index contributed by atoms with van der Waals surface area (Å²) in [6.45, 7) is 5.44. The van der Waals surface area contributed by atoms with Gasteiger partial charge in [-0.15, -0.1) is 0 Å². The summed E-state index contributed by atoms with van der Waals surface area (Å²) in [4.78, 5) is 12.0. The van der Waals surface area contributed by atoms with Crippen molar-refractivity contribution in [3.63, 3.8) is 0 Å². The second kappa shape index (κ2) is 13.0. The minimum atomic E-state index is -2.78. The van der Waals surface area contributed by atoms with Crippen molar-refractivity contribution in [1.29, 1.82) is 0 Å². The van der Waals surface area contributed by atoms with Crippen molar-refractivity contribution in [2.75, 3.05) is 0 Å². The molecule has 39 heavy (non-hydrogen) atoms. The van der Waals surface area contributed by atoms with Crippen LogP contribution in [-0.2, 0) is 23.6 Å². The van der Waals surface area contributed by atoms with Crippen LogP contribution in [0.15, 0.2) is 48.5 Å². The molecule has 2 aromatic carbocycles. The third-order valence-corrected chi connectivity index (χ3v) is 10.0. The van der Waals surface area contributed by atoms with Gasteiger partial charge in [0.1, 0.15) is 0 Å². The number of alkyl halides is 2. The number of carbonyl (C=O) groups is 1. The summed E-state index contributed by atoms with van der Waals surface area (Å²) in [6.07, 6.45) is 14.8. The van der Waals surface area contributed by atoms with E-state index in [0.717, 1.165) is 58.3 Å². The van der Waals surface area contributed by atoms with Gasteiger partial charge < -0.3 is 5.73 Å². The molecule has 0 radical (unpaired) electrons. The molecule has 2 aliphatic carbocycles. The highest BCUT2D eigenvalue weighted by Gasteiger charge is 2.53. The summed E-state index contributed by atoms with van der Waals surface area (Å²) in [7, 11) is 0. The second-order valence-electron chi connectivity index (χ2n) is 12.9. The maximum Gasteiger partial charge on any atom is 0.270 e. The molecule has 2 aromatic rings. The van der Waals surface area contributed by atoms with E-state index in [2.05, 4.69) is 38.1 Å². The highest BCUT2D eigenvalue weighted by molar-refractivity contribution is 5.83. The highest BCUT2D eigenvalue weighted by atomic mass is 19.3. The Balaban J connectivity index is 1.23. The van der Waals surface area contributed by atoms with E-state index < -0.39 is 5.92 Å². The summed E-state index contributed by atoms with van der Waals surface area (Å²) in [6, 6.07) is 16.3. The van der Waals surface area contributed by atoms with Gasteiger partial charge in [-0.05, 0) is 105 Å². The first-order valence-corrected chi connectivity index (χ1v) is 15.5. The van der Waals surface area contributed by atoms with Crippen LogP contribution < -0.4 is 5.73 Å². The summed E-state index contributed by atoms with van der Waals surface area (Å²) in [5, 5.41) is 0.